The maximum atomic E-state index is 12.1. The van der Waals surface area contributed by atoms with Crippen molar-refractivity contribution in [2.24, 2.45) is 0 Å². The first-order chi connectivity index (χ1) is 10.8. The van der Waals surface area contributed by atoms with Gasteiger partial charge in [0, 0.05) is 23.6 Å². The van der Waals surface area contributed by atoms with Crippen LogP contribution in [0, 0.1) is 0 Å². The first kappa shape index (κ1) is 16.9. The fraction of sp³-hybridized carbons (Fsp3) is 0.412. The van der Waals surface area contributed by atoms with Crippen LogP contribution in [-0.4, -0.2) is 28.6 Å². The minimum Gasteiger partial charge on any atom is -0.444 e. The van der Waals surface area contributed by atoms with E-state index in [2.05, 4.69) is 15.6 Å². The Labute approximate surface area is 135 Å². The molecule has 0 radical (unpaired) electrons. The Balaban J connectivity index is 1.89. The molecule has 2 amide bonds. The number of carbonyl (C=O) groups excluding carboxylic acids is 2. The van der Waals surface area contributed by atoms with E-state index < -0.39 is 17.7 Å². The zero-order chi connectivity index (χ0) is 17.0. The summed E-state index contributed by atoms with van der Waals surface area (Å²) in [6.45, 7) is 7.34. The molecule has 0 aliphatic rings. The van der Waals surface area contributed by atoms with Crippen LogP contribution in [0.1, 0.15) is 33.3 Å². The molecule has 6 nitrogen and oxygen atoms in total. The second-order valence-electron chi connectivity index (χ2n) is 6.44. The number of amides is 2. The molecule has 1 heterocycles. The van der Waals surface area contributed by atoms with Crippen LogP contribution < -0.4 is 10.6 Å². The number of rotatable bonds is 4. The Morgan fingerprint density at radius 3 is 2.70 bits per heavy atom. The molecule has 1 unspecified atom stereocenters. The number of nitrogens with one attached hydrogen (secondary N) is 3. The average Bonchev–Trinajstić information content (AvgIpc) is 2.91. The minimum absolute atomic E-state index is 0.261. The number of H-pyrrole nitrogens is 1. The van der Waals surface area contributed by atoms with Crippen molar-refractivity contribution in [2.75, 3.05) is 0 Å². The molecule has 0 aliphatic heterocycles. The van der Waals surface area contributed by atoms with Crippen molar-refractivity contribution >= 4 is 22.9 Å². The van der Waals surface area contributed by atoms with Crippen LogP contribution >= 0.6 is 0 Å². The summed E-state index contributed by atoms with van der Waals surface area (Å²) >= 11 is 0. The molecule has 0 fully saturated rings. The maximum Gasteiger partial charge on any atom is 0.408 e. The molecule has 0 saturated heterocycles. The van der Waals surface area contributed by atoms with E-state index in [0.29, 0.717) is 6.54 Å². The summed E-state index contributed by atoms with van der Waals surface area (Å²) in [5.74, 6) is -0.261. The number of aromatic amines is 1. The van der Waals surface area contributed by atoms with Gasteiger partial charge in [-0.3, -0.25) is 4.79 Å². The summed E-state index contributed by atoms with van der Waals surface area (Å²) < 4.78 is 5.13. The van der Waals surface area contributed by atoms with Crippen LogP contribution in [0.25, 0.3) is 10.9 Å². The third kappa shape index (κ3) is 4.74. The Morgan fingerprint density at radius 1 is 1.26 bits per heavy atom. The summed E-state index contributed by atoms with van der Waals surface area (Å²) in [6.07, 6.45) is 1.26. The predicted molar refractivity (Wildman–Crippen MR) is 89.0 cm³/mol. The number of hydrogen-bond acceptors (Lipinski definition) is 3. The monoisotopic (exact) mass is 317 g/mol. The molecule has 124 valence electrons. The fourth-order valence-electron chi connectivity index (χ4n) is 2.19. The van der Waals surface area contributed by atoms with Crippen molar-refractivity contribution in [2.45, 2.75) is 45.9 Å². The van der Waals surface area contributed by atoms with Gasteiger partial charge in [-0.25, -0.2) is 4.79 Å². The highest BCUT2D eigenvalue weighted by Crippen LogP contribution is 2.17. The highest BCUT2D eigenvalue weighted by molar-refractivity contribution is 5.86. The number of aromatic nitrogens is 1. The summed E-state index contributed by atoms with van der Waals surface area (Å²) in [6, 6.07) is 7.17. The van der Waals surface area contributed by atoms with Crippen molar-refractivity contribution < 1.29 is 14.3 Å². The lowest BCUT2D eigenvalue weighted by Gasteiger charge is -2.21. The molecule has 0 saturated carbocycles. The van der Waals surface area contributed by atoms with E-state index in [-0.39, 0.29) is 5.91 Å². The Kier molecular flexibility index (Phi) is 4.93. The van der Waals surface area contributed by atoms with Gasteiger partial charge in [-0.2, -0.15) is 0 Å². The summed E-state index contributed by atoms with van der Waals surface area (Å²) in [5, 5.41) is 6.42. The number of hydrogen-bond donors (Lipinski definition) is 3. The number of alkyl carbamates (subject to hydrolysis) is 1. The first-order valence-electron chi connectivity index (χ1n) is 7.58. The number of ether oxygens (including phenoxy) is 1. The highest BCUT2D eigenvalue weighted by atomic mass is 16.6. The van der Waals surface area contributed by atoms with Crippen molar-refractivity contribution in [3.05, 3.63) is 36.0 Å². The molecular weight excluding hydrogens is 294 g/mol. The number of carbonyl (C=O) groups is 2. The van der Waals surface area contributed by atoms with Crippen LogP contribution in [-0.2, 0) is 16.1 Å². The van der Waals surface area contributed by atoms with Gasteiger partial charge in [0.2, 0.25) is 5.91 Å². The smallest absolute Gasteiger partial charge is 0.408 e. The van der Waals surface area contributed by atoms with Gasteiger partial charge in [0.15, 0.2) is 0 Å². The van der Waals surface area contributed by atoms with E-state index in [1.54, 1.807) is 27.7 Å². The lowest BCUT2D eigenvalue weighted by Crippen LogP contribution is -2.46. The second kappa shape index (κ2) is 6.73. The van der Waals surface area contributed by atoms with E-state index in [1.807, 2.05) is 30.5 Å². The summed E-state index contributed by atoms with van der Waals surface area (Å²) in [7, 11) is 0. The van der Waals surface area contributed by atoms with Gasteiger partial charge in [0.25, 0.3) is 0 Å². The molecule has 0 spiro atoms. The van der Waals surface area contributed by atoms with Crippen LogP contribution in [0.2, 0.25) is 0 Å². The number of benzene rings is 1. The van der Waals surface area contributed by atoms with E-state index in [1.165, 1.54) is 0 Å². The SMILES string of the molecule is CC(NC(=O)OC(C)(C)C)C(=O)NCc1cccc2[nH]ccc12. The van der Waals surface area contributed by atoms with Crippen LogP contribution in [0.5, 0.6) is 0 Å². The topological polar surface area (TPSA) is 83.2 Å². The van der Waals surface area contributed by atoms with Crippen molar-refractivity contribution in [1.29, 1.82) is 0 Å². The Hall–Kier alpha value is -2.50. The van der Waals surface area contributed by atoms with E-state index >= 15 is 0 Å². The molecule has 2 aromatic rings. The van der Waals surface area contributed by atoms with Crippen molar-refractivity contribution in [1.82, 2.24) is 15.6 Å². The normalized spacial score (nSPS) is 12.7. The van der Waals surface area contributed by atoms with E-state index in [4.69, 9.17) is 4.74 Å². The largest absolute Gasteiger partial charge is 0.444 e. The van der Waals surface area contributed by atoms with E-state index in [9.17, 15) is 9.59 Å². The molecule has 1 aromatic heterocycles. The average molecular weight is 317 g/mol. The molecule has 1 aromatic carbocycles. The van der Waals surface area contributed by atoms with Gasteiger partial charge in [-0.05, 0) is 45.4 Å². The van der Waals surface area contributed by atoms with Gasteiger partial charge in [0.1, 0.15) is 11.6 Å². The van der Waals surface area contributed by atoms with Gasteiger partial charge in [-0.1, -0.05) is 12.1 Å². The lowest BCUT2D eigenvalue weighted by atomic mass is 10.1. The van der Waals surface area contributed by atoms with Crippen molar-refractivity contribution in [3.63, 3.8) is 0 Å². The van der Waals surface area contributed by atoms with Gasteiger partial charge in [-0.15, -0.1) is 0 Å². The molecule has 2 rings (SSSR count). The van der Waals surface area contributed by atoms with Crippen LogP contribution in [0.3, 0.4) is 0 Å². The molecule has 6 heteroatoms. The predicted octanol–water partition coefficient (Wildman–Crippen LogP) is 2.70. The molecule has 3 N–H and O–H groups in total. The van der Waals surface area contributed by atoms with Crippen LogP contribution in [0.15, 0.2) is 30.5 Å². The summed E-state index contributed by atoms with van der Waals surface area (Å²) in [4.78, 5) is 26.9. The lowest BCUT2D eigenvalue weighted by molar-refractivity contribution is -0.122. The number of fused-ring (bicyclic) bond motifs is 1. The molecule has 0 bridgehead atoms. The Bertz CT molecular complexity index is 700. The third-order valence-electron chi connectivity index (χ3n) is 3.26. The zero-order valence-corrected chi connectivity index (χ0v) is 13.9. The molecule has 23 heavy (non-hydrogen) atoms. The van der Waals surface area contributed by atoms with Crippen molar-refractivity contribution in [3.8, 4) is 0 Å². The molecular formula is C17H23N3O3. The molecule has 1 atom stereocenters. The first-order valence-corrected chi connectivity index (χ1v) is 7.58. The highest BCUT2D eigenvalue weighted by Gasteiger charge is 2.20. The third-order valence-corrected chi connectivity index (χ3v) is 3.26. The standard InChI is InChI=1S/C17H23N3O3/c1-11(20-16(22)23-17(2,3)4)15(21)19-10-12-6-5-7-14-13(12)8-9-18-14/h5-9,11,18H,10H2,1-4H3,(H,19,21)(H,20,22). The maximum absolute atomic E-state index is 12.1. The summed E-state index contributed by atoms with van der Waals surface area (Å²) in [5.41, 5.74) is 1.45. The van der Waals surface area contributed by atoms with E-state index in [0.717, 1.165) is 16.5 Å². The van der Waals surface area contributed by atoms with Gasteiger partial charge >= 0.3 is 6.09 Å². The second-order valence-corrected chi connectivity index (χ2v) is 6.44. The van der Waals surface area contributed by atoms with Crippen LogP contribution in [0.4, 0.5) is 4.79 Å². The van der Waals surface area contributed by atoms with Gasteiger partial charge < -0.3 is 20.4 Å². The fourth-order valence-corrected chi connectivity index (χ4v) is 2.19. The van der Waals surface area contributed by atoms with Gasteiger partial charge in [0.05, 0.1) is 0 Å². The zero-order valence-electron chi connectivity index (χ0n) is 13.9. The minimum atomic E-state index is -0.671. The Morgan fingerprint density at radius 2 is 2.00 bits per heavy atom. The quantitative estimate of drug-likeness (QED) is 0.810. The molecule has 0 aliphatic carbocycles.